The Balaban J connectivity index is 2.48. The summed E-state index contributed by atoms with van der Waals surface area (Å²) in [5.41, 5.74) is 1.64. The molecule has 0 amide bonds. The lowest BCUT2D eigenvalue weighted by Crippen LogP contribution is -2.27. The molecule has 0 radical (unpaired) electrons. The Kier molecular flexibility index (Phi) is 1.35. The molecule has 1 fully saturated rings. The molecule has 2 aliphatic carbocycles. The van der Waals surface area contributed by atoms with Crippen LogP contribution in [-0.2, 0) is 4.79 Å². The summed E-state index contributed by atoms with van der Waals surface area (Å²) in [5, 5.41) is 0. The van der Waals surface area contributed by atoms with E-state index in [2.05, 4.69) is 26.8 Å². The van der Waals surface area contributed by atoms with Gasteiger partial charge in [0, 0.05) is 0 Å². The van der Waals surface area contributed by atoms with E-state index in [0.29, 0.717) is 11.3 Å². The number of rotatable bonds is 1. The van der Waals surface area contributed by atoms with Crippen LogP contribution in [0.2, 0.25) is 0 Å². The van der Waals surface area contributed by atoms with Crippen molar-refractivity contribution in [2.24, 2.45) is 16.7 Å². The van der Waals surface area contributed by atoms with Crippen LogP contribution in [0, 0.1) is 16.7 Å². The molecule has 0 aliphatic heterocycles. The second kappa shape index (κ2) is 2.01. The van der Waals surface area contributed by atoms with Crippen molar-refractivity contribution in [2.75, 3.05) is 0 Å². The van der Waals surface area contributed by atoms with Gasteiger partial charge in [-0.1, -0.05) is 26.8 Å². The summed E-state index contributed by atoms with van der Waals surface area (Å²) in [5.74, 6) is 0.528. The highest BCUT2D eigenvalue weighted by molar-refractivity contribution is 5.76. The highest BCUT2D eigenvalue weighted by Crippen LogP contribution is 2.63. The molecule has 2 aliphatic rings. The summed E-state index contributed by atoms with van der Waals surface area (Å²) in [6.45, 7) is 6.86. The van der Waals surface area contributed by atoms with E-state index in [-0.39, 0.29) is 5.41 Å². The molecule has 0 aromatic heterocycles. The Labute approximate surface area is 73.8 Å². The van der Waals surface area contributed by atoms with E-state index >= 15 is 0 Å². The van der Waals surface area contributed by atoms with Crippen molar-refractivity contribution in [3.05, 3.63) is 11.6 Å². The quantitative estimate of drug-likeness (QED) is 0.544. The summed E-state index contributed by atoms with van der Waals surface area (Å²) in [6, 6.07) is 0. The van der Waals surface area contributed by atoms with Gasteiger partial charge in [0.25, 0.3) is 0 Å². The van der Waals surface area contributed by atoms with E-state index in [9.17, 15) is 4.79 Å². The summed E-state index contributed by atoms with van der Waals surface area (Å²) in [4.78, 5) is 10.8. The van der Waals surface area contributed by atoms with Gasteiger partial charge in [-0.3, -0.25) is 4.79 Å². The van der Waals surface area contributed by atoms with Crippen LogP contribution in [0.1, 0.15) is 33.6 Å². The van der Waals surface area contributed by atoms with Crippen LogP contribution >= 0.6 is 0 Å². The number of allylic oxidation sites excluding steroid dienone is 2. The molecule has 66 valence electrons. The van der Waals surface area contributed by atoms with Gasteiger partial charge in [0.15, 0.2) is 0 Å². The fourth-order valence-corrected chi connectivity index (χ4v) is 2.95. The molecule has 2 unspecified atom stereocenters. The molecule has 0 aromatic carbocycles. The van der Waals surface area contributed by atoms with E-state index in [0.717, 1.165) is 11.9 Å². The van der Waals surface area contributed by atoms with Gasteiger partial charge in [-0.25, -0.2) is 0 Å². The summed E-state index contributed by atoms with van der Waals surface area (Å²) in [6.07, 6.45) is 5.71. The van der Waals surface area contributed by atoms with Gasteiger partial charge in [-0.2, -0.15) is 0 Å². The summed E-state index contributed by atoms with van der Waals surface area (Å²) in [7, 11) is 0. The average molecular weight is 164 g/mol. The first kappa shape index (κ1) is 8.03. The van der Waals surface area contributed by atoms with Gasteiger partial charge in [0.1, 0.15) is 6.29 Å². The molecule has 0 N–H and O–H groups in total. The fraction of sp³-hybridized carbons (Fsp3) is 0.727. The van der Waals surface area contributed by atoms with Crippen molar-refractivity contribution in [3.63, 3.8) is 0 Å². The van der Waals surface area contributed by atoms with E-state index in [1.54, 1.807) is 0 Å². The normalized spacial score (nSPS) is 42.9. The van der Waals surface area contributed by atoms with Crippen LogP contribution in [0.15, 0.2) is 11.6 Å². The first-order valence-corrected chi connectivity index (χ1v) is 4.69. The van der Waals surface area contributed by atoms with Crippen molar-refractivity contribution in [2.45, 2.75) is 33.6 Å². The Morgan fingerprint density at radius 3 is 2.42 bits per heavy atom. The largest absolute Gasteiger partial charge is 0.298 e. The zero-order chi connectivity index (χ0) is 8.98. The Hall–Kier alpha value is -0.590. The van der Waals surface area contributed by atoms with Crippen molar-refractivity contribution >= 4 is 6.29 Å². The first-order chi connectivity index (χ1) is 5.51. The van der Waals surface area contributed by atoms with Gasteiger partial charge in [-0.05, 0) is 35.2 Å². The molecule has 2 atom stereocenters. The third kappa shape index (κ3) is 0.675. The molecule has 1 heteroatoms. The molecule has 0 spiro atoms. The zero-order valence-corrected chi connectivity index (χ0v) is 8.05. The van der Waals surface area contributed by atoms with Crippen molar-refractivity contribution in [1.29, 1.82) is 0 Å². The van der Waals surface area contributed by atoms with Gasteiger partial charge in [0.05, 0.1) is 0 Å². The minimum absolute atomic E-state index is 0.286. The SMILES string of the molecule is CC12C=C(C=O)C(CC1)C2(C)C. The van der Waals surface area contributed by atoms with Crippen LogP contribution in [0.5, 0.6) is 0 Å². The van der Waals surface area contributed by atoms with E-state index < -0.39 is 0 Å². The predicted molar refractivity (Wildman–Crippen MR) is 48.8 cm³/mol. The summed E-state index contributed by atoms with van der Waals surface area (Å²) < 4.78 is 0. The minimum atomic E-state index is 0.286. The molecule has 0 saturated heterocycles. The molecule has 12 heavy (non-hydrogen) atoms. The van der Waals surface area contributed by atoms with Gasteiger partial charge < -0.3 is 0 Å². The van der Waals surface area contributed by atoms with Crippen molar-refractivity contribution < 1.29 is 4.79 Å². The Morgan fingerprint density at radius 2 is 2.17 bits per heavy atom. The Morgan fingerprint density at radius 1 is 1.50 bits per heavy atom. The lowest BCUT2D eigenvalue weighted by molar-refractivity contribution is -0.105. The minimum Gasteiger partial charge on any atom is -0.298 e. The maximum absolute atomic E-state index is 10.8. The molecule has 0 aromatic rings. The highest BCUT2D eigenvalue weighted by atomic mass is 16.1. The average Bonchev–Trinajstić information content (AvgIpc) is 2.33. The van der Waals surface area contributed by atoms with Crippen molar-refractivity contribution in [3.8, 4) is 0 Å². The van der Waals surface area contributed by atoms with Crippen LogP contribution in [0.4, 0.5) is 0 Å². The maximum atomic E-state index is 10.8. The highest BCUT2D eigenvalue weighted by Gasteiger charge is 2.55. The Bertz CT molecular complexity index is 262. The third-order valence-electron chi connectivity index (χ3n) is 4.32. The number of carbonyl (C=O) groups excluding carboxylic acids is 1. The lowest BCUT2D eigenvalue weighted by atomic mass is 9.70. The number of fused-ring (bicyclic) bond motifs is 2. The number of carbonyl (C=O) groups is 1. The molecule has 1 saturated carbocycles. The molecule has 1 nitrogen and oxygen atoms in total. The second-order valence-electron chi connectivity index (χ2n) is 4.99. The van der Waals surface area contributed by atoms with Crippen LogP contribution in [-0.4, -0.2) is 6.29 Å². The molecular formula is C11H16O. The molecule has 2 bridgehead atoms. The standard InChI is InChI=1S/C11H16O/c1-10(2)9-4-5-11(10,3)6-8(9)7-12/h6-7,9H,4-5H2,1-3H3. The van der Waals surface area contributed by atoms with Crippen LogP contribution < -0.4 is 0 Å². The monoisotopic (exact) mass is 164 g/mol. The predicted octanol–water partition coefficient (Wildman–Crippen LogP) is 2.57. The van der Waals surface area contributed by atoms with Gasteiger partial charge in [0.2, 0.25) is 0 Å². The van der Waals surface area contributed by atoms with E-state index in [1.807, 2.05) is 0 Å². The smallest absolute Gasteiger partial charge is 0.146 e. The number of hydrogen-bond acceptors (Lipinski definition) is 1. The van der Waals surface area contributed by atoms with Crippen LogP contribution in [0.25, 0.3) is 0 Å². The van der Waals surface area contributed by atoms with Crippen molar-refractivity contribution in [1.82, 2.24) is 0 Å². The van der Waals surface area contributed by atoms with Gasteiger partial charge >= 0.3 is 0 Å². The number of aldehydes is 1. The zero-order valence-electron chi connectivity index (χ0n) is 8.05. The van der Waals surface area contributed by atoms with Gasteiger partial charge in [-0.15, -0.1) is 0 Å². The topological polar surface area (TPSA) is 17.1 Å². The van der Waals surface area contributed by atoms with E-state index in [4.69, 9.17) is 0 Å². The molecule has 0 heterocycles. The fourth-order valence-electron chi connectivity index (χ4n) is 2.95. The molecular weight excluding hydrogens is 148 g/mol. The maximum Gasteiger partial charge on any atom is 0.146 e. The summed E-state index contributed by atoms with van der Waals surface area (Å²) >= 11 is 0. The lowest BCUT2D eigenvalue weighted by Gasteiger charge is -2.33. The number of hydrogen-bond donors (Lipinski definition) is 0. The third-order valence-corrected chi connectivity index (χ3v) is 4.32. The van der Waals surface area contributed by atoms with E-state index in [1.165, 1.54) is 12.8 Å². The first-order valence-electron chi connectivity index (χ1n) is 4.69. The molecule has 2 rings (SSSR count). The van der Waals surface area contributed by atoms with Crippen LogP contribution in [0.3, 0.4) is 0 Å². The second-order valence-corrected chi connectivity index (χ2v) is 4.99.